The van der Waals surface area contributed by atoms with E-state index in [1.807, 2.05) is 42.6 Å². The van der Waals surface area contributed by atoms with Crippen LogP contribution >= 0.6 is 11.6 Å². The highest BCUT2D eigenvalue weighted by Crippen LogP contribution is 2.33. The number of anilines is 1. The molecule has 0 bridgehead atoms. The van der Waals surface area contributed by atoms with Crippen LogP contribution in [0.15, 0.2) is 55.2 Å². The average Bonchev–Trinajstić information content (AvgIpc) is 2.70. The monoisotopic (exact) mass is 379 g/mol. The van der Waals surface area contributed by atoms with Crippen LogP contribution < -0.4 is 16.0 Å². The Hall–Kier alpha value is -2.56. The molecule has 2 unspecified atom stereocenters. The number of fused-ring (bicyclic) bond motifs is 1. The van der Waals surface area contributed by atoms with Gasteiger partial charge in [-0.25, -0.2) is 0 Å². The molecule has 1 amide bonds. The summed E-state index contributed by atoms with van der Waals surface area (Å²) in [4.78, 5) is 12.9. The number of benzene rings is 2. The summed E-state index contributed by atoms with van der Waals surface area (Å²) in [5.41, 5.74) is 4.65. The van der Waals surface area contributed by atoms with Crippen LogP contribution in [0.3, 0.4) is 0 Å². The maximum atomic E-state index is 12.9. The van der Waals surface area contributed by atoms with E-state index in [0.717, 1.165) is 29.8 Å². The van der Waals surface area contributed by atoms with Crippen LogP contribution in [0, 0.1) is 5.92 Å². The van der Waals surface area contributed by atoms with Crippen LogP contribution in [0.5, 0.6) is 0 Å². The number of hydrogen-bond donors (Lipinski definition) is 3. The van der Waals surface area contributed by atoms with Gasteiger partial charge in [0.1, 0.15) is 0 Å². The Bertz CT molecular complexity index is 907. The molecule has 138 valence electrons. The Morgan fingerprint density at radius 2 is 2.00 bits per heavy atom. The lowest BCUT2D eigenvalue weighted by molar-refractivity contribution is -0.120. The van der Waals surface area contributed by atoms with Crippen LogP contribution in [0.2, 0.25) is 5.02 Å². The van der Waals surface area contributed by atoms with Crippen molar-refractivity contribution >= 4 is 35.0 Å². The molecule has 4 rings (SSSR count). The summed E-state index contributed by atoms with van der Waals surface area (Å²) >= 11 is 6.41. The van der Waals surface area contributed by atoms with Crippen LogP contribution in [0.1, 0.15) is 29.0 Å². The molecule has 5 heteroatoms. The molecule has 0 saturated carbocycles. The Balaban J connectivity index is 1.49. The summed E-state index contributed by atoms with van der Waals surface area (Å²) < 4.78 is 0. The first-order valence-electron chi connectivity index (χ1n) is 9.14. The minimum atomic E-state index is -0.0942. The number of rotatable bonds is 3. The summed E-state index contributed by atoms with van der Waals surface area (Å²) in [6, 6.07) is 14.1. The fraction of sp³-hybridized carbons (Fsp3) is 0.227. The highest BCUT2D eigenvalue weighted by Gasteiger charge is 2.28. The largest absolute Gasteiger partial charge is 0.362 e. The smallest absolute Gasteiger partial charge is 0.228 e. The van der Waals surface area contributed by atoms with E-state index in [-0.39, 0.29) is 11.8 Å². The molecule has 2 aromatic carbocycles. The van der Waals surface area contributed by atoms with E-state index >= 15 is 0 Å². The molecule has 1 fully saturated rings. The van der Waals surface area contributed by atoms with Gasteiger partial charge in [-0.3, -0.25) is 4.79 Å². The van der Waals surface area contributed by atoms with Gasteiger partial charge in [-0.05, 0) is 41.7 Å². The molecule has 2 atom stereocenters. The van der Waals surface area contributed by atoms with E-state index in [2.05, 4.69) is 34.7 Å². The molecule has 3 N–H and O–H groups in total. The van der Waals surface area contributed by atoms with Gasteiger partial charge in [0.05, 0.1) is 16.6 Å². The first-order chi connectivity index (χ1) is 13.1. The second-order valence-corrected chi connectivity index (χ2v) is 7.47. The molecule has 2 aromatic rings. The van der Waals surface area contributed by atoms with E-state index in [9.17, 15) is 4.79 Å². The van der Waals surface area contributed by atoms with Crippen molar-refractivity contribution in [3.63, 3.8) is 0 Å². The predicted molar refractivity (Wildman–Crippen MR) is 111 cm³/mol. The lowest BCUT2D eigenvalue weighted by Crippen LogP contribution is -2.41. The molecule has 0 aromatic heterocycles. The zero-order valence-electron chi connectivity index (χ0n) is 15.0. The van der Waals surface area contributed by atoms with Crippen LogP contribution in [0.4, 0.5) is 5.69 Å². The summed E-state index contributed by atoms with van der Waals surface area (Å²) in [6.45, 7) is 5.56. The first kappa shape index (κ1) is 17.8. The molecule has 0 aliphatic carbocycles. The van der Waals surface area contributed by atoms with Gasteiger partial charge in [0, 0.05) is 30.5 Å². The minimum Gasteiger partial charge on any atom is -0.362 e. The molecule has 2 aliphatic rings. The Morgan fingerprint density at radius 3 is 2.81 bits per heavy atom. The number of piperidine rings is 1. The molecule has 2 heterocycles. The van der Waals surface area contributed by atoms with E-state index in [0.29, 0.717) is 23.2 Å². The summed E-state index contributed by atoms with van der Waals surface area (Å²) in [7, 11) is 0. The van der Waals surface area contributed by atoms with E-state index in [4.69, 9.17) is 11.6 Å². The molecule has 0 radical (unpaired) electrons. The zero-order valence-corrected chi connectivity index (χ0v) is 15.7. The third-order valence-corrected chi connectivity index (χ3v) is 5.55. The molecule has 1 saturated heterocycles. The number of nitrogens with one attached hydrogen (secondary N) is 3. The molecule has 2 aliphatic heterocycles. The van der Waals surface area contributed by atoms with Crippen molar-refractivity contribution in [2.24, 2.45) is 5.92 Å². The van der Waals surface area contributed by atoms with E-state index < -0.39 is 0 Å². The predicted octanol–water partition coefficient (Wildman–Crippen LogP) is 4.22. The molecular weight excluding hydrogens is 358 g/mol. The third-order valence-electron chi connectivity index (χ3n) is 5.23. The lowest BCUT2D eigenvalue weighted by Gasteiger charge is -2.30. The summed E-state index contributed by atoms with van der Waals surface area (Å²) in [6.07, 6.45) is 4.61. The van der Waals surface area contributed by atoms with Crippen molar-refractivity contribution in [3.05, 3.63) is 77.0 Å². The van der Waals surface area contributed by atoms with Gasteiger partial charge in [-0.2, -0.15) is 0 Å². The van der Waals surface area contributed by atoms with Crippen LogP contribution in [0.25, 0.3) is 11.8 Å². The maximum Gasteiger partial charge on any atom is 0.228 e. The van der Waals surface area contributed by atoms with Gasteiger partial charge in [-0.15, -0.1) is 0 Å². The van der Waals surface area contributed by atoms with Crippen molar-refractivity contribution in [2.45, 2.75) is 12.3 Å². The van der Waals surface area contributed by atoms with Crippen molar-refractivity contribution in [1.29, 1.82) is 0 Å². The van der Waals surface area contributed by atoms with Crippen molar-refractivity contribution in [2.75, 3.05) is 18.4 Å². The molecule has 0 spiro atoms. The molecule has 27 heavy (non-hydrogen) atoms. The third kappa shape index (κ3) is 3.77. The Kier molecular flexibility index (Phi) is 5.01. The van der Waals surface area contributed by atoms with Crippen molar-refractivity contribution < 1.29 is 4.79 Å². The Labute approximate surface area is 164 Å². The zero-order chi connectivity index (χ0) is 18.8. The van der Waals surface area contributed by atoms with E-state index in [1.54, 1.807) is 0 Å². The highest BCUT2D eigenvalue weighted by atomic mass is 35.5. The maximum absolute atomic E-state index is 12.9. The van der Waals surface area contributed by atoms with Gasteiger partial charge in [0.25, 0.3) is 0 Å². The standard InChI is InChI=1S/C22H22ClN3O/c1-14-19-11-20(23)21(10-16(19)7-8-25-14)26-22(27)18-9-17(12-24-13-18)15-5-3-2-4-6-15/h2-8,10-11,17-18,24-25H,1,9,12-13H2,(H,26,27). The van der Waals surface area contributed by atoms with Gasteiger partial charge in [0.2, 0.25) is 5.91 Å². The normalized spacial score (nSPS) is 21.3. The minimum absolute atomic E-state index is 0.00159. The van der Waals surface area contributed by atoms with Gasteiger partial charge in [0.15, 0.2) is 0 Å². The number of hydrogen-bond acceptors (Lipinski definition) is 3. The topological polar surface area (TPSA) is 53.2 Å². The number of amides is 1. The van der Waals surface area contributed by atoms with Gasteiger partial charge in [-0.1, -0.05) is 48.5 Å². The second kappa shape index (κ2) is 7.59. The fourth-order valence-corrected chi connectivity index (χ4v) is 3.96. The highest BCUT2D eigenvalue weighted by molar-refractivity contribution is 6.34. The second-order valence-electron chi connectivity index (χ2n) is 7.06. The fourth-order valence-electron chi connectivity index (χ4n) is 3.75. The SMILES string of the molecule is C=C1NC=Cc2cc(NC(=O)C3CNCC(c4ccccc4)C3)c(Cl)cc21. The molecular formula is C22H22ClN3O. The quantitative estimate of drug-likeness (QED) is 0.748. The summed E-state index contributed by atoms with van der Waals surface area (Å²) in [5, 5.41) is 10.0. The molecule has 4 nitrogen and oxygen atoms in total. The van der Waals surface area contributed by atoms with Crippen LogP contribution in [-0.4, -0.2) is 19.0 Å². The Morgan fingerprint density at radius 1 is 1.19 bits per heavy atom. The number of carbonyl (C=O) groups excluding carboxylic acids is 1. The van der Waals surface area contributed by atoms with Gasteiger partial charge >= 0.3 is 0 Å². The average molecular weight is 380 g/mol. The summed E-state index contributed by atoms with van der Waals surface area (Å²) in [5.74, 6) is 0.247. The number of carbonyl (C=O) groups is 1. The van der Waals surface area contributed by atoms with Crippen LogP contribution in [-0.2, 0) is 4.79 Å². The van der Waals surface area contributed by atoms with Crippen molar-refractivity contribution in [1.82, 2.24) is 10.6 Å². The van der Waals surface area contributed by atoms with Crippen molar-refractivity contribution in [3.8, 4) is 0 Å². The van der Waals surface area contributed by atoms with E-state index in [1.165, 1.54) is 5.56 Å². The first-order valence-corrected chi connectivity index (χ1v) is 9.52. The van der Waals surface area contributed by atoms with Gasteiger partial charge < -0.3 is 16.0 Å². The number of halogens is 1. The lowest BCUT2D eigenvalue weighted by atomic mass is 9.85.